The highest BCUT2D eigenvalue weighted by Crippen LogP contribution is 2.32. The number of carbonyl (C=O) groups is 1. The molecule has 0 radical (unpaired) electrons. The van der Waals surface area contributed by atoms with Gasteiger partial charge in [0, 0.05) is 15.7 Å². The summed E-state index contributed by atoms with van der Waals surface area (Å²) in [7, 11) is 0. The van der Waals surface area contributed by atoms with Gasteiger partial charge in [-0.1, -0.05) is 40.9 Å². The fraction of sp³-hybridized carbons (Fsp3) is 0.100. The third-order valence-electron chi connectivity index (χ3n) is 4.06. The molecule has 4 nitrogen and oxygen atoms in total. The van der Waals surface area contributed by atoms with Crippen molar-refractivity contribution in [3.05, 3.63) is 80.4 Å². The Hall–Kier alpha value is -2.48. The number of aromatic nitrogens is 1. The van der Waals surface area contributed by atoms with E-state index < -0.39 is 17.8 Å². The van der Waals surface area contributed by atoms with Crippen molar-refractivity contribution in [2.75, 3.05) is 10.6 Å². The smallest absolute Gasteiger partial charge is 0.339 e. The third kappa shape index (κ3) is 5.16. The van der Waals surface area contributed by atoms with Crippen molar-refractivity contribution in [2.24, 2.45) is 0 Å². The van der Waals surface area contributed by atoms with Crippen LogP contribution >= 0.6 is 34.8 Å². The van der Waals surface area contributed by atoms with Gasteiger partial charge in [0.25, 0.3) is 5.91 Å². The first-order valence-electron chi connectivity index (χ1n) is 8.42. The number of anilines is 3. The van der Waals surface area contributed by atoms with Crippen LogP contribution in [-0.4, -0.2) is 10.9 Å². The minimum absolute atomic E-state index is 0.117. The molecule has 10 heteroatoms. The molecule has 0 aliphatic heterocycles. The van der Waals surface area contributed by atoms with Crippen molar-refractivity contribution in [3.63, 3.8) is 0 Å². The van der Waals surface area contributed by atoms with Crippen LogP contribution in [0.2, 0.25) is 15.1 Å². The summed E-state index contributed by atoms with van der Waals surface area (Å²) in [5.74, 6) is -0.986. The molecule has 2 N–H and O–H groups in total. The number of carbonyl (C=O) groups excluding carboxylic acids is 1. The fourth-order valence-corrected chi connectivity index (χ4v) is 3.16. The van der Waals surface area contributed by atoms with E-state index in [0.29, 0.717) is 21.3 Å². The maximum atomic E-state index is 13.2. The molecular formula is C20H13Cl3F3N3O. The zero-order valence-electron chi connectivity index (χ0n) is 15.2. The molecule has 0 aliphatic carbocycles. The van der Waals surface area contributed by atoms with Crippen LogP contribution in [-0.2, 0) is 6.18 Å². The molecule has 0 fully saturated rings. The van der Waals surface area contributed by atoms with Gasteiger partial charge in [0.1, 0.15) is 11.5 Å². The van der Waals surface area contributed by atoms with Gasteiger partial charge >= 0.3 is 6.18 Å². The topological polar surface area (TPSA) is 54.0 Å². The Kier molecular flexibility index (Phi) is 6.45. The molecule has 0 unspecified atom stereocenters. The van der Waals surface area contributed by atoms with Gasteiger partial charge < -0.3 is 10.6 Å². The Morgan fingerprint density at radius 1 is 0.933 bits per heavy atom. The SMILES string of the molecule is Cc1ccc(Cl)cc1Nc1nc(C(F)(F)F)ccc1C(=O)Nc1ccc(Cl)cc1Cl. The number of nitrogens with one attached hydrogen (secondary N) is 2. The molecule has 0 saturated heterocycles. The lowest BCUT2D eigenvalue weighted by atomic mass is 10.1. The predicted octanol–water partition coefficient (Wildman–Crippen LogP) is 7.36. The van der Waals surface area contributed by atoms with E-state index in [2.05, 4.69) is 15.6 Å². The highest BCUT2D eigenvalue weighted by atomic mass is 35.5. The number of pyridine rings is 1. The maximum absolute atomic E-state index is 13.2. The zero-order chi connectivity index (χ0) is 22.1. The summed E-state index contributed by atoms with van der Waals surface area (Å²) in [6.45, 7) is 1.74. The average Bonchev–Trinajstić information content (AvgIpc) is 2.66. The fourth-order valence-electron chi connectivity index (χ4n) is 2.53. The maximum Gasteiger partial charge on any atom is 0.433 e. The Morgan fingerprint density at radius 3 is 2.27 bits per heavy atom. The number of alkyl halides is 3. The number of hydrogen-bond acceptors (Lipinski definition) is 3. The average molecular weight is 475 g/mol. The zero-order valence-corrected chi connectivity index (χ0v) is 17.5. The van der Waals surface area contributed by atoms with Gasteiger partial charge in [-0.25, -0.2) is 4.98 Å². The molecule has 3 aromatic rings. The third-order valence-corrected chi connectivity index (χ3v) is 4.85. The lowest BCUT2D eigenvalue weighted by Gasteiger charge is -2.16. The summed E-state index contributed by atoms with van der Waals surface area (Å²) in [5.41, 5.74) is 0.0913. The van der Waals surface area contributed by atoms with Crippen molar-refractivity contribution < 1.29 is 18.0 Å². The predicted molar refractivity (Wildman–Crippen MR) is 113 cm³/mol. The lowest BCUT2D eigenvalue weighted by molar-refractivity contribution is -0.141. The molecular weight excluding hydrogens is 462 g/mol. The van der Waals surface area contributed by atoms with Crippen LogP contribution in [0.25, 0.3) is 0 Å². The summed E-state index contributed by atoms with van der Waals surface area (Å²) in [6, 6.07) is 11.0. The van der Waals surface area contributed by atoms with Crippen LogP contribution in [0.3, 0.4) is 0 Å². The first kappa shape index (κ1) is 22.2. The van der Waals surface area contributed by atoms with Gasteiger partial charge in [-0.3, -0.25) is 4.79 Å². The minimum atomic E-state index is -4.69. The van der Waals surface area contributed by atoms with E-state index in [1.165, 1.54) is 24.3 Å². The summed E-state index contributed by atoms with van der Waals surface area (Å²) < 4.78 is 39.5. The van der Waals surface area contributed by atoms with Crippen LogP contribution < -0.4 is 10.6 Å². The molecule has 0 spiro atoms. The number of rotatable bonds is 4. The van der Waals surface area contributed by atoms with Crippen molar-refractivity contribution in [1.29, 1.82) is 0 Å². The largest absolute Gasteiger partial charge is 0.433 e. The Balaban J connectivity index is 2.02. The normalized spacial score (nSPS) is 11.3. The van der Waals surface area contributed by atoms with Crippen LogP contribution in [0, 0.1) is 6.92 Å². The Morgan fingerprint density at radius 2 is 1.60 bits per heavy atom. The Bertz CT molecular complexity index is 1120. The lowest BCUT2D eigenvalue weighted by Crippen LogP contribution is -2.17. The quantitative estimate of drug-likeness (QED) is 0.415. The second-order valence-electron chi connectivity index (χ2n) is 6.25. The van der Waals surface area contributed by atoms with Gasteiger partial charge in [-0.15, -0.1) is 0 Å². The summed E-state index contributed by atoms with van der Waals surface area (Å²) in [4.78, 5) is 16.4. The number of nitrogens with zero attached hydrogens (tertiary/aromatic N) is 1. The molecule has 0 bridgehead atoms. The molecule has 0 saturated carbocycles. The Labute approximate surface area is 185 Å². The van der Waals surface area contributed by atoms with Gasteiger partial charge in [0.05, 0.1) is 16.3 Å². The molecule has 0 aliphatic rings. The molecule has 1 aromatic heterocycles. The second kappa shape index (κ2) is 8.71. The molecule has 3 rings (SSSR count). The van der Waals surface area contributed by atoms with E-state index in [4.69, 9.17) is 34.8 Å². The van der Waals surface area contributed by atoms with E-state index in [9.17, 15) is 18.0 Å². The van der Waals surface area contributed by atoms with Crippen LogP contribution in [0.5, 0.6) is 0 Å². The molecule has 2 aromatic carbocycles. The van der Waals surface area contributed by atoms with Crippen molar-refractivity contribution >= 4 is 57.9 Å². The minimum Gasteiger partial charge on any atom is -0.339 e. The monoisotopic (exact) mass is 473 g/mol. The van der Waals surface area contributed by atoms with Gasteiger partial charge in [0.2, 0.25) is 0 Å². The van der Waals surface area contributed by atoms with Gasteiger partial charge in [0.15, 0.2) is 0 Å². The van der Waals surface area contributed by atoms with E-state index in [0.717, 1.165) is 12.1 Å². The van der Waals surface area contributed by atoms with Crippen LogP contribution in [0.1, 0.15) is 21.6 Å². The van der Waals surface area contributed by atoms with E-state index in [1.807, 2.05) is 0 Å². The van der Waals surface area contributed by atoms with Gasteiger partial charge in [-0.2, -0.15) is 13.2 Å². The number of amides is 1. The van der Waals surface area contributed by atoms with Crippen LogP contribution in [0.15, 0.2) is 48.5 Å². The van der Waals surface area contributed by atoms with Gasteiger partial charge in [-0.05, 0) is 55.0 Å². The first-order chi connectivity index (χ1) is 14.0. The van der Waals surface area contributed by atoms with Crippen molar-refractivity contribution in [2.45, 2.75) is 13.1 Å². The number of aryl methyl sites for hydroxylation is 1. The molecule has 156 valence electrons. The first-order valence-corrected chi connectivity index (χ1v) is 9.56. The number of halogens is 6. The summed E-state index contributed by atoms with van der Waals surface area (Å²) >= 11 is 17.9. The molecule has 1 amide bonds. The van der Waals surface area contributed by atoms with E-state index in [1.54, 1.807) is 19.1 Å². The molecule has 1 heterocycles. The second-order valence-corrected chi connectivity index (χ2v) is 7.53. The van der Waals surface area contributed by atoms with E-state index >= 15 is 0 Å². The molecule has 30 heavy (non-hydrogen) atoms. The highest BCUT2D eigenvalue weighted by molar-refractivity contribution is 6.37. The number of benzene rings is 2. The highest BCUT2D eigenvalue weighted by Gasteiger charge is 2.33. The van der Waals surface area contributed by atoms with Crippen LogP contribution in [0.4, 0.5) is 30.4 Å². The number of hydrogen-bond donors (Lipinski definition) is 2. The standard InChI is InChI=1S/C20H13Cl3F3N3O/c1-10-2-3-12(22)9-16(10)27-18-13(5-7-17(29-18)20(24,25)26)19(30)28-15-6-4-11(21)8-14(15)23/h2-9H,1H3,(H,27,29)(H,28,30). The summed E-state index contributed by atoms with van der Waals surface area (Å²) in [6.07, 6.45) is -4.69. The molecule has 0 atom stereocenters. The summed E-state index contributed by atoms with van der Waals surface area (Å²) in [5, 5.41) is 6.24. The van der Waals surface area contributed by atoms with E-state index in [-0.39, 0.29) is 22.1 Å². The van der Waals surface area contributed by atoms with Crippen molar-refractivity contribution in [1.82, 2.24) is 4.98 Å². The van der Waals surface area contributed by atoms with Crippen molar-refractivity contribution in [3.8, 4) is 0 Å².